The first-order valence-electron chi connectivity index (χ1n) is 4.67. The van der Waals surface area contributed by atoms with Gasteiger partial charge in [-0.1, -0.05) is 12.1 Å². The molecule has 0 saturated carbocycles. The van der Waals surface area contributed by atoms with Gasteiger partial charge in [0.2, 0.25) is 0 Å². The van der Waals surface area contributed by atoms with Crippen LogP contribution in [0.1, 0.15) is 12.0 Å². The number of hydrogen-bond donors (Lipinski definition) is 3. The molecule has 1 aromatic carbocycles. The molecule has 6 heteroatoms. The van der Waals surface area contributed by atoms with Crippen LogP contribution in [0.2, 0.25) is 0 Å². The summed E-state index contributed by atoms with van der Waals surface area (Å²) in [7, 11) is -4.47. The van der Waals surface area contributed by atoms with Crippen molar-refractivity contribution in [1.82, 2.24) is 0 Å². The lowest BCUT2D eigenvalue weighted by Crippen LogP contribution is -2.12. The van der Waals surface area contributed by atoms with E-state index in [-0.39, 0.29) is 5.75 Å². The number of phosphoric ester groups is 1. The van der Waals surface area contributed by atoms with E-state index in [1.54, 1.807) is 12.1 Å². The number of phosphoric acid groups is 1. The number of aryl methyl sites for hydroxylation is 1. The Balaban J connectivity index is 2.35. The molecule has 1 aromatic rings. The lowest BCUT2D eigenvalue weighted by molar-refractivity contribution is 0.283. The summed E-state index contributed by atoms with van der Waals surface area (Å²) in [6.07, 6.45) is 1.92. The lowest BCUT2D eigenvalue weighted by atomic mass is 10.0. The quantitative estimate of drug-likeness (QED) is 0.670. The van der Waals surface area contributed by atoms with Gasteiger partial charge in [0.05, 0.1) is 5.69 Å². The number of para-hydroxylation sites is 1. The number of benzene rings is 1. The Morgan fingerprint density at radius 1 is 1.40 bits per heavy atom. The third-order valence-electron chi connectivity index (χ3n) is 2.25. The van der Waals surface area contributed by atoms with Crippen LogP contribution < -0.4 is 9.84 Å². The van der Waals surface area contributed by atoms with Crippen molar-refractivity contribution in [2.75, 3.05) is 11.9 Å². The maximum atomic E-state index is 10.7. The SMILES string of the molecule is O=P(O)(O)Oc1cccc2c1NCCC2. The Hall–Kier alpha value is -1.03. The van der Waals surface area contributed by atoms with Gasteiger partial charge in [-0.2, -0.15) is 0 Å². The second kappa shape index (κ2) is 3.85. The third kappa shape index (κ3) is 2.50. The van der Waals surface area contributed by atoms with Crippen LogP contribution in [0, 0.1) is 0 Å². The van der Waals surface area contributed by atoms with Gasteiger partial charge < -0.3 is 9.84 Å². The molecule has 0 amide bonds. The molecule has 0 atom stereocenters. The van der Waals surface area contributed by atoms with Crippen molar-refractivity contribution < 1.29 is 18.9 Å². The standard InChI is InChI=1S/C9H12NO4P/c11-15(12,13)14-8-5-1-3-7-4-2-6-10-9(7)8/h1,3,5,10H,2,4,6H2,(H2,11,12,13). The van der Waals surface area contributed by atoms with Crippen molar-refractivity contribution in [2.24, 2.45) is 0 Å². The first kappa shape index (κ1) is 10.5. The summed E-state index contributed by atoms with van der Waals surface area (Å²) in [4.78, 5) is 17.5. The van der Waals surface area contributed by atoms with E-state index in [0.717, 1.165) is 24.9 Å². The molecule has 0 radical (unpaired) electrons. The van der Waals surface area contributed by atoms with Crippen LogP contribution in [0.3, 0.4) is 0 Å². The van der Waals surface area contributed by atoms with Crippen LogP contribution in [0.5, 0.6) is 5.75 Å². The number of nitrogens with one attached hydrogen (secondary N) is 1. The normalized spacial score (nSPS) is 15.3. The second-order valence-corrected chi connectivity index (χ2v) is 4.57. The van der Waals surface area contributed by atoms with Crippen molar-refractivity contribution in [3.05, 3.63) is 23.8 Å². The molecule has 0 spiro atoms. The first-order valence-corrected chi connectivity index (χ1v) is 6.20. The van der Waals surface area contributed by atoms with Gasteiger partial charge in [-0.05, 0) is 24.5 Å². The van der Waals surface area contributed by atoms with Crippen molar-refractivity contribution >= 4 is 13.5 Å². The second-order valence-electron chi connectivity index (χ2n) is 3.40. The number of rotatable bonds is 2. The zero-order valence-electron chi connectivity index (χ0n) is 8.01. The maximum absolute atomic E-state index is 10.7. The summed E-state index contributed by atoms with van der Waals surface area (Å²) in [6.45, 7) is 0.800. The molecule has 0 bridgehead atoms. The van der Waals surface area contributed by atoms with Crippen LogP contribution in [0.15, 0.2) is 18.2 Å². The Morgan fingerprint density at radius 3 is 2.93 bits per heavy atom. The van der Waals surface area contributed by atoms with Crippen LogP contribution in [-0.2, 0) is 11.0 Å². The topological polar surface area (TPSA) is 78.8 Å². The summed E-state index contributed by atoms with van der Waals surface area (Å²) in [5.74, 6) is 0.223. The van der Waals surface area contributed by atoms with E-state index in [4.69, 9.17) is 9.79 Å². The number of anilines is 1. The lowest BCUT2D eigenvalue weighted by Gasteiger charge is -2.21. The molecule has 0 aromatic heterocycles. The smallest absolute Gasteiger partial charge is 0.402 e. The minimum Gasteiger partial charge on any atom is -0.402 e. The van der Waals surface area contributed by atoms with Gasteiger partial charge in [-0.25, -0.2) is 4.57 Å². The molecule has 1 aliphatic rings. The summed E-state index contributed by atoms with van der Waals surface area (Å²) >= 11 is 0. The third-order valence-corrected chi connectivity index (χ3v) is 2.69. The first-order chi connectivity index (χ1) is 7.06. The van der Waals surface area contributed by atoms with Gasteiger partial charge in [0.25, 0.3) is 0 Å². The zero-order valence-corrected chi connectivity index (χ0v) is 8.91. The summed E-state index contributed by atoms with van der Waals surface area (Å²) in [6, 6.07) is 5.21. The van der Waals surface area contributed by atoms with E-state index in [1.807, 2.05) is 6.07 Å². The van der Waals surface area contributed by atoms with Gasteiger partial charge in [-0.15, -0.1) is 0 Å². The van der Waals surface area contributed by atoms with Crippen LogP contribution in [0.4, 0.5) is 5.69 Å². The number of fused-ring (bicyclic) bond motifs is 1. The molecule has 0 aliphatic carbocycles. The minimum absolute atomic E-state index is 0.223. The fraction of sp³-hybridized carbons (Fsp3) is 0.333. The van der Waals surface area contributed by atoms with Gasteiger partial charge in [0, 0.05) is 6.54 Å². The zero-order chi connectivity index (χ0) is 10.9. The molecule has 15 heavy (non-hydrogen) atoms. The molecule has 0 fully saturated rings. The molecule has 0 saturated heterocycles. The Morgan fingerprint density at radius 2 is 2.20 bits per heavy atom. The molecule has 1 heterocycles. The minimum atomic E-state index is -4.47. The number of hydrogen-bond acceptors (Lipinski definition) is 3. The van der Waals surface area contributed by atoms with Crippen LogP contribution in [0.25, 0.3) is 0 Å². The highest BCUT2D eigenvalue weighted by Gasteiger charge is 2.20. The monoisotopic (exact) mass is 229 g/mol. The van der Waals surface area contributed by atoms with Crippen molar-refractivity contribution in [2.45, 2.75) is 12.8 Å². The molecule has 2 rings (SSSR count). The Labute approximate surface area is 87.3 Å². The van der Waals surface area contributed by atoms with E-state index in [2.05, 4.69) is 9.84 Å². The Kier molecular flexibility index (Phi) is 2.69. The van der Waals surface area contributed by atoms with Crippen molar-refractivity contribution in [3.8, 4) is 5.75 Å². The molecule has 3 N–H and O–H groups in total. The molecule has 0 unspecified atom stereocenters. The van der Waals surface area contributed by atoms with E-state index < -0.39 is 7.82 Å². The van der Waals surface area contributed by atoms with Crippen molar-refractivity contribution in [3.63, 3.8) is 0 Å². The summed E-state index contributed by atoms with van der Waals surface area (Å²) in [5, 5.41) is 3.09. The Bertz CT molecular complexity index is 415. The largest absolute Gasteiger partial charge is 0.524 e. The predicted octanol–water partition coefficient (Wildman–Crippen LogP) is 1.52. The highest BCUT2D eigenvalue weighted by molar-refractivity contribution is 7.46. The van der Waals surface area contributed by atoms with Crippen LogP contribution in [-0.4, -0.2) is 16.3 Å². The van der Waals surface area contributed by atoms with Crippen molar-refractivity contribution in [1.29, 1.82) is 0 Å². The average molecular weight is 229 g/mol. The predicted molar refractivity (Wildman–Crippen MR) is 55.9 cm³/mol. The summed E-state index contributed by atoms with van der Waals surface area (Å²) in [5.41, 5.74) is 1.74. The van der Waals surface area contributed by atoms with E-state index in [0.29, 0.717) is 5.69 Å². The van der Waals surface area contributed by atoms with E-state index in [1.165, 1.54) is 0 Å². The van der Waals surface area contributed by atoms with Gasteiger partial charge in [0.1, 0.15) is 0 Å². The molecule has 82 valence electrons. The van der Waals surface area contributed by atoms with Gasteiger partial charge >= 0.3 is 7.82 Å². The highest BCUT2D eigenvalue weighted by atomic mass is 31.2. The maximum Gasteiger partial charge on any atom is 0.524 e. The van der Waals surface area contributed by atoms with E-state index in [9.17, 15) is 4.57 Å². The molecule has 5 nitrogen and oxygen atoms in total. The molecular weight excluding hydrogens is 217 g/mol. The van der Waals surface area contributed by atoms with Gasteiger partial charge in [-0.3, -0.25) is 9.79 Å². The molecular formula is C9H12NO4P. The van der Waals surface area contributed by atoms with Gasteiger partial charge in [0.15, 0.2) is 5.75 Å². The average Bonchev–Trinajstić information content (AvgIpc) is 2.16. The summed E-state index contributed by atoms with van der Waals surface area (Å²) < 4.78 is 15.3. The highest BCUT2D eigenvalue weighted by Crippen LogP contribution is 2.42. The fourth-order valence-corrected chi connectivity index (χ4v) is 2.09. The fourth-order valence-electron chi connectivity index (χ4n) is 1.68. The molecule has 1 aliphatic heterocycles. The van der Waals surface area contributed by atoms with E-state index >= 15 is 0 Å². The van der Waals surface area contributed by atoms with Crippen LogP contribution >= 0.6 is 7.82 Å².